The summed E-state index contributed by atoms with van der Waals surface area (Å²) in [7, 11) is 1.57. The average molecular weight is 476 g/mol. The van der Waals surface area contributed by atoms with E-state index in [1.807, 2.05) is 53.4 Å². The van der Waals surface area contributed by atoms with Crippen LogP contribution in [0, 0.1) is 0 Å². The summed E-state index contributed by atoms with van der Waals surface area (Å²) in [5.74, 6) is 0.511. The molecule has 0 unspecified atom stereocenters. The van der Waals surface area contributed by atoms with Gasteiger partial charge >= 0.3 is 0 Å². The molecule has 0 radical (unpaired) electrons. The molecule has 0 N–H and O–H groups in total. The first-order valence-corrected chi connectivity index (χ1v) is 11.0. The molecule has 1 fully saturated rings. The maximum atomic E-state index is 13.3. The summed E-state index contributed by atoms with van der Waals surface area (Å²) in [6, 6.07) is 20.4. The Morgan fingerprint density at radius 3 is 2.35 bits per heavy atom. The van der Waals surface area contributed by atoms with Crippen molar-refractivity contribution in [2.75, 3.05) is 31.6 Å². The highest BCUT2D eigenvalue weighted by Gasteiger charge is 2.33. The molecule has 0 bridgehead atoms. The Bertz CT molecular complexity index is 1090. The summed E-state index contributed by atoms with van der Waals surface area (Å²) in [4.78, 5) is 17.4. The lowest BCUT2D eigenvalue weighted by atomic mass is 10.0. The summed E-state index contributed by atoms with van der Waals surface area (Å²) < 4.78 is 5.40. The van der Waals surface area contributed by atoms with Crippen molar-refractivity contribution in [1.29, 1.82) is 0 Å². The van der Waals surface area contributed by atoms with Gasteiger partial charge < -0.3 is 14.5 Å². The van der Waals surface area contributed by atoms with Crippen LogP contribution in [0.2, 0.25) is 15.1 Å². The van der Waals surface area contributed by atoms with Gasteiger partial charge in [-0.25, -0.2) is 0 Å². The number of ether oxygens (including phenoxy) is 1. The number of methoxy groups -OCH3 is 1. The van der Waals surface area contributed by atoms with E-state index in [-0.39, 0.29) is 11.9 Å². The minimum atomic E-state index is -0.0941. The predicted molar refractivity (Wildman–Crippen MR) is 127 cm³/mol. The van der Waals surface area contributed by atoms with Crippen LogP contribution in [0.1, 0.15) is 22.0 Å². The average Bonchev–Trinajstić information content (AvgIpc) is 2.79. The van der Waals surface area contributed by atoms with Crippen LogP contribution >= 0.6 is 34.8 Å². The molecule has 3 aromatic carbocycles. The lowest BCUT2D eigenvalue weighted by Gasteiger charge is -2.43. The first-order valence-electron chi connectivity index (χ1n) is 9.87. The number of carbonyl (C=O) groups is 1. The van der Waals surface area contributed by atoms with E-state index in [0.717, 1.165) is 11.3 Å². The third-order valence-electron chi connectivity index (χ3n) is 5.48. The number of halogens is 3. The number of hydrogen-bond donors (Lipinski definition) is 0. The molecule has 0 aromatic heterocycles. The smallest absolute Gasteiger partial charge is 0.257 e. The molecule has 0 saturated carbocycles. The summed E-state index contributed by atoms with van der Waals surface area (Å²) in [6.45, 7) is 1.67. The van der Waals surface area contributed by atoms with Gasteiger partial charge in [0.25, 0.3) is 5.91 Å². The van der Waals surface area contributed by atoms with E-state index in [1.54, 1.807) is 25.3 Å². The fraction of sp³-hybridized carbons (Fsp3) is 0.208. The lowest BCUT2D eigenvalue weighted by molar-refractivity contribution is 0.0718. The van der Waals surface area contributed by atoms with E-state index < -0.39 is 0 Å². The van der Waals surface area contributed by atoms with Crippen LogP contribution in [-0.2, 0) is 0 Å². The van der Waals surface area contributed by atoms with Gasteiger partial charge in [0, 0.05) is 29.7 Å². The van der Waals surface area contributed by atoms with Crippen LogP contribution in [0.3, 0.4) is 0 Å². The first kappa shape index (κ1) is 21.8. The van der Waals surface area contributed by atoms with Gasteiger partial charge in [0.2, 0.25) is 0 Å². The van der Waals surface area contributed by atoms with Gasteiger partial charge in [0.1, 0.15) is 5.75 Å². The van der Waals surface area contributed by atoms with Crippen LogP contribution in [0.25, 0.3) is 0 Å². The summed E-state index contributed by atoms with van der Waals surface area (Å²) in [6.07, 6.45) is 0. The standard InChI is InChI=1S/C24H21Cl3N2O2/c1-31-23-5-3-2-4-19(23)24(30)28-12-13-29(21-11-10-18(26)14-20(21)27)22(15-28)16-6-8-17(25)9-7-16/h2-11,14,22H,12-13,15H2,1H3/t22-/m0/s1. The Labute approximate surface area is 196 Å². The monoisotopic (exact) mass is 474 g/mol. The molecule has 160 valence electrons. The van der Waals surface area contributed by atoms with Gasteiger partial charge in [-0.2, -0.15) is 0 Å². The molecular formula is C24H21Cl3N2O2. The Kier molecular flexibility index (Phi) is 6.61. The molecule has 1 amide bonds. The SMILES string of the molecule is COc1ccccc1C(=O)N1CCN(c2ccc(Cl)cc2Cl)[C@H](c2ccc(Cl)cc2)C1. The molecule has 7 heteroatoms. The number of anilines is 1. The van der Waals surface area contributed by atoms with Gasteiger partial charge in [0.05, 0.1) is 29.4 Å². The van der Waals surface area contributed by atoms with E-state index >= 15 is 0 Å². The van der Waals surface area contributed by atoms with Crippen LogP contribution in [-0.4, -0.2) is 37.6 Å². The molecule has 4 nitrogen and oxygen atoms in total. The maximum absolute atomic E-state index is 13.3. The zero-order valence-corrected chi connectivity index (χ0v) is 19.2. The number of para-hydroxylation sites is 1. The molecule has 1 saturated heterocycles. The second-order valence-corrected chi connectivity index (χ2v) is 8.59. The Morgan fingerprint density at radius 1 is 0.935 bits per heavy atom. The maximum Gasteiger partial charge on any atom is 0.257 e. The molecule has 1 atom stereocenters. The number of piperazine rings is 1. The fourth-order valence-corrected chi connectivity index (χ4v) is 4.57. The van der Waals surface area contributed by atoms with Crippen LogP contribution in [0.5, 0.6) is 5.75 Å². The molecule has 0 spiro atoms. The zero-order valence-electron chi connectivity index (χ0n) is 16.9. The molecule has 4 rings (SSSR count). The minimum Gasteiger partial charge on any atom is -0.496 e. The van der Waals surface area contributed by atoms with Crippen molar-refractivity contribution in [3.05, 3.63) is 92.9 Å². The molecule has 31 heavy (non-hydrogen) atoms. The lowest BCUT2D eigenvalue weighted by Crippen LogP contribution is -2.50. The van der Waals surface area contributed by atoms with E-state index in [9.17, 15) is 4.79 Å². The largest absolute Gasteiger partial charge is 0.496 e. The topological polar surface area (TPSA) is 32.8 Å². The number of amides is 1. The summed E-state index contributed by atoms with van der Waals surface area (Å²) >= 11 is 18.7. The number of nitrogens with zero attached hydrogens (tertiary/aromatic N) is 2. The number of rotatable bonds is 4. The Morgan fingerprint density at radius 2 is 1.65 bits per heavy atom. The predicted octanol–water partition coefficient (Wildman–Crippen LogP) is 6.36. The van der Waals surface area contributed by atoms with Crippen molar-refractivity contribution in [2.45, 2.75) is 6.04 Å². The van der Waals surface area contributed by atoms with E-state index in [4.69, 9.17) is 39.5 Å². The van der Waals surface area contributed by atoms with Crippen molar-refractivity contribution in [3.63, 3.8) is 0 Å². The molecule has 0 aliphatic carbocycles. The zero-order chi connectivity index (χ0) is 22.0. The van der Waals surface area contributed by atoms with Crippen molar-refractivity contribution >= 4 is 46.4 Å². The van der Waals surface area contributed by atoms with Gasteiger partial charge in [-0.3, -0.25) is 4.79 Å². The molecular weight excluding hydrogens is 455 g/mol. The van der Waals surface area contributed by atoms with Gasteiger partial charge in [-0.15, -0.1) is 0 Å². The van der Waals surface area contributed by atoms with E-state index in [0.29, 0.717) is 46.0 Å². The summed E-state index contributed by atoms with van der Waals surface area (Å²) in [5, 5.41) is 1.83. The quantitative estimate of drug-likeness (QED) is 0.440. The molecule has 3 aromatic rings. The highest BCUT2D eigenvalue weighted by Crippen LogP contribution is 2.37. The van der Waals surface area contributed by atoms with Gasteiger partial charge in [-0.05, 0) is 48.0 Å². The number of hydrogen-bond acceptors (Lipinski definition) is 3. The van der Waals surface area contributed by atoms with Crippen molar-refractivity contribution in [2.24, 2.45) is 0 Å². The van der Waals surface area contributed by atoms with Gasteiger partial charge in [0.15, 0.2) is 0 Å². The van der Waals surface area contributed by atoms with Crippen LogP contribution in [0.15, 0.2) is 66.7 Å². The number of benzene rings is 3. The molecule has 1 aliphatic heterocycles. The highest BCUT2D eigenvalue weighted by atomic mass is 35.5. The molecule has 1 heterocycles. The first-order chi connectivity index (χ1) is 15.0. The fourth-order valence-electron chi connectivity index (χ4n) is 3.93. The third kappa shape index (κ3) is 4.62. The third-order valence-corrected chi connectivity index (χ3v) is 6.27. The van der Waals surface area contributed by atoms with Crippen molar-refractivity contribution in [1.82, 2.24) is 4.90 Å². The molecule has 1 aliphatic rings. The van der Waals surface area contributed by atoms with Crippen LogP contribution in [0.4, 0.5) is 5.69 Å². The van der Waals surface area contributed by atoms with Crippen molar-refractivity contribution < 1.29 is 9.53 Å². The van der Waals surface area contributed by atoms with Gasteiger partial charge in [-0.1, -0.05) is 59.1 Å². The van der Waals surface area contributed by atoms with Crippen LogP contribution < -0.4 is 9.64 Å². The normalized spacial score (nSPS) is 16.3. The summed E-state index contributed by atoms with van der Waals surface area (Å²) in [5.41, 5.74) is 2.49. The van der Waals surface area contributed by atoms with E-state index in [2.05, 4.69) is 4.90 Å². The Balaban J connectivity index is 1.68. The number of carbonyl (C=O) groups excluding carboxylic acids is 1. The second-order valence-electron chi connectivity index (χ2n) is 7.31. The minimum absolute atomic E-state index is 0.0572. The second kappa shape index (κ2) is 9.39. The van der Waals surface area contributed by atoms with E-state index in [1.165, 1.54) is 0 Å². The van der Waals surface area contributed by atoms with Crippen molar-refractivity contribution in [3.8, 4) is 5.75 Å². The highest BCUT2D eigenvalue weighted by molar-refractivity contribution is 6.36. The Hall–Kier alpha value is -2.40.